The summed E-state index contributed by atoms with van der Waals surface area (Å²) in [6.45, 7) is 0. The summed E-state index contributed by atoms with van der Waals surface area (Å²) in [5.41, 5.74) is 6.28. The maximum absolute atomic E-state index is 12.2. The number of nitrogens with two attached hydrogens (primary N) is 1. The van der Waals surface area contributed by atoms with E-state index in [2.05, 4.69) is 5.32 Å². The number of hydrogen-bond donors (Lipinski definition) is 2. The second kappa shape index (κ2) is 7.87. The van der Waals surface area contributed by atoms with Gasteiger partial charge in [-0.2, -0.15) is 0 Å². The summed E-state index contributed by atoms with van der Waals surface area (Å²) >= 11 is 0. The molecule has 0 spiro atoms. The molecule has 0 aliphatic rings. The van der Waals surface area contributed by atoms with Gasteiger partial charge in [-0.25, -0.2) is 0 Å². The van der Waals surface area contributed by atoms with Crippen molar-refractivity contribution in [2.75, 3.05) is 0 Å². The van der Waals surface area contributed by atoms with Gasteiger partial charge in [-0.05, 0) is 24.5 Å². The molecule has 24 heavy (non-hydrogen) atoms. The summed E-state index contributed by atoms with van der Waals surface area (Å²) in [6.07, 6.45) is 0.920. The molecule has 124 valence electrons. The third kappa shape index (κ3) is 4.64. The second-order valence-corrected chi connectivity index (χ2v) is 5.26. The number of non-ortho nitro benzene ring substituents is 1. The highest BCUT2D eigenvalue weighted by Gasteiger charge is 2.20. The molecule has 7 heteroatoms. The maximum Gasteiger partial charge on any atom is 0.270 e. The van der Waals surface area contributed by atoms with Crippen LogP contribution in [0.3, 0.4) is 0 Å². The molecule has 1 atom stereocenters. The van der Waals surface area contributed by atoms with Gasteiger partial charge in [0.05, 0.1) is 4.92 Å². The minimum Gasteiger partial charge on any atom is -0.368 e. The Morgan fingerprint density at radius 1 is 1.12 bits per heavy atom. The van der Waals surface area contributed by atoms with E-state index in [-0.39, 0.29) is 11.3 Å². The zero-order valence-electron chi connectivity index (χ0n) is 12.8. The van der Waals surface area contributed by atoms with Gasteiger partial charge >= 0.3 is 0 Å². The van der Waals surface area contributed by atoms with E-state index >= 15 is 0 Å². The van der Waals surface area contributed by atoms with Gasteiger partial charge in [-0.15, -0.1) is 0 Å². The Morgan fingerprint density at radius 3 is 2.46 bits per heavy atom. The Morgan fingerprint density at radius 2 is 1.83 bits per heavy atom. The number of primary amides is 1. The normalized spacial score (nSPS) is 11.5. The number of nitrogens with zero attached hydrogens (tertiary/aromatic N) is 1. The minimum atomic E-state index is -0.850. The molecule has 2 rings (SSSR count). The fourth-order valence-electron chi connectivity index (χ4n) is 2.24. The lowest BCUT2D eigenvalue weighted by atomic mass is 10.0. The molecule has 2 aromatic rings. The minimum absolute atomic E-state index is 0.107. The largest absolute Gasteiger partial charge is 0.368 e. The molecular formula is C17H17N3O4. The lowest BCUT2D eigenvalue weighted by Crippen LogP contribution is -2.44. The van der Waals surface area contributed by atoms with E-state index in [1.807, 2.05) is 30.3 Å². The van der Waals surface area contributed by atoms with Crippen LogP contribution in [-0.4, -0.2) is 22.8 Å². The first-order valence-corrected chi connectivity index (χ1v) is 7.36. The van der Waals surface area contributed by atoms with Crippen molar-refractivity contribution in [2.45, 2.75) is 18.9 Å². The second-order valence-electron chi connectivity index (χ2n) is 5.26. The lowest BCUT2D eigenvalue weighted by molar-refractivity contribution is -0.384. The molecular weight excluding hydrogens is 310 g/mol. The number of amides is 2. The lowest BCUT2D eigenvalue weighted by Gasteiger charge is -2.15. The fourth-order valence-corrected chi connectivity index (χ4v) is 2.24. The number of carbonyl (C=O) groups excluding carboxylic acids is 2. The summed E-state index contributed by atoms with van der Waals surface area (Å²) in [4.78, 5) is 33.9. The van der Waals surface area contributed by atoms with E-state index in [1.54, 1.807) is 0 Å². The Kier molecular flexibility index (Phi) is 5.62. The number of hydrogen-bond acceptors (Lipinski definition) is 4. The number of aryl methyl sites for hydroxylation is 1. The van der Waals surface area contributed by atoms with Crippen LogP contribution in [0.25, 0.3) is 0 Å². The molecule has 2 aromatic carbocycles. The van der Waals surface area contributed by atoms with Crippen molar-refractivity contribution in [2.24, 2.45) is 5.73 Å². The van der Waals surface area contributed by atoms with Crippen LogP contribution in [0.2, 0.25) is 0 Å². The quantitative estimate of drug-likeness (QED) is 0.596. The van der Waals surface area contributed by atoms with Gasteiger partial charge in [-0.1, -0.05) is 36.4 Å². The first-order valence-electron chi connectivity index (χ1n) is 7.36. The Hall–Kier alpha value is -3.22. The predicted molar refractivity (Wildman–Crippen MR) is 88.3 cm³/mol. The van der Waals surface area contributed by atoms with Gasteiger partial charge in [0.25, 0.3) is 11.6 Å². The molecule has 0 radical (unpaired) electrons. The van der Waals surface area contributed by atoms with Gasteiger partial charge < -0.3 is 11.1 Å². The number of carbonyl (C=O) groups is 2. The van der Waals surface area contributed by atoms with Crippen LogP contribution in [0.1, 0.15) is 22.3 Å². The van der Waals surface area contributed by atoms with Gasteiger partial charge in [0, 0.05) is 17.7 Å². The third-order valence-electron chi connectivity index (χ3n) is 3.53. The molecule has 2 amide bonds. The van der Waals surface area contributed by atoms with Gasteiger partial charge in [-0.3, -0.25) is 19.7 Å². The molecule has 0 bridgehead atoms. The number of nitro benzene ring substituents is 1. The van der Waals surface area contributed by atoms with Gasteiger partial charge in [0.2, 0.25) is 5.91 Å². The Balaban J connectivity index is 2.04. The summed E-state index contributed by atoms with van der Waals surface area (Å²) in [5.74, 6) is -1.22. The molecule has 0 heterocycles. The Bertz CT molecular complexity index is 747. The zero-order chi connectivity index (χ0) is 17.5. The van der Waals surface area contributed by atoms with Crippen LogP contribution in [-0.2, 0) is 11.2 Å². The van der Waals surface area contributed by atoms with E-state index < -0.39 is 22.8 Å². The summed E-state index contributed by atoms with van der Waals surface area (Å²) in [6, 6.07) is 13.9. The Labute approximate surface area is 138 Å². The van der Waals surface area contributed by atoms with Crippen LogP contribution in [0.15, 0.2) is 54.6 Å². The summed E-state index contributed by atoms with van der Waals surface area (Å²) in [7, 11) is 0. The molecule has 0 unspecified atom stereocenters. The van der Waals surface area contributed by atoms with E-state index in [0.717, 1.165) is 11.6 Å². The molecule has 0 saturated carbocycles. The number of nitrogens with one attached hydrogen (secondary N) is 1. The van der Waals surface area contributed by atoms with Crippen molar-refractivity contribution in [3.05, 3.63) is 75.8 Å². The molecule has 0 saturated heterocycles. The average molecular weight is 327 g/mol. The monoisotopic (exact) mass is 327 g/mol. The molecule has 0 aliphatic carbocycles. The van der Waals surface area contributed by atoms with Crippen molar-refractivity contribution in [3.8, 4) is 0 Å². The van der Waals surface area contributed by atoms with Crippen LogP contribution in [0.5, 0.6) is 0 Å². The predicted octanol–water partition coefficient (Wildman–Crippen LogP) is 1.81. The third-order valence-corrected chi connectivity index (χ3v) is 3.53. The number of rotatable bonds is 7. The van der Waals surface area contributed by atoms with E-state index in [4.69, 9.17) is 5.73 Å². The van der Waals surface area contributed by atoms with Crippen LogP contribution >= 0.6 is 0 Å². The molecule has 0 fully saturated rings. The van der Waals surface area contributed by atoms with Gasteiger partial charge in [0.15, 0.2) is 0 Å². The highest BCUT2D eigenvalue weighted by Crippen LogP contribution is 2.13. The van der Waals surface area contributed by atoms with Crippen molar-refractivity contribution < 1.29 is 14.5 Å². The summed E-state index contributed by atoms with van der Waals surface area (Å²) in [5, 5.41) is 13.3. The van der Waals surface area contributed by atoms with Crippen molar-refractivity contribution in [1.82, 2.24) is 5.32 Å². The molecule has 0 aromatic heterocycles. The van der Waals surface area contributed by atoms with Crippen LogP contribution in [0, 0.1) is 10.1 Å². The summed E-state index contributed by atoms with van der Waals surface area (Å²) < 4.78 is 0. The van der Waals surface area contributed by atoms with Crippen molar-refractivity contribution in [1.29, 1.82) is 0 Å². The fraction of sp³-hybridized carbons (Fsp3) is 0.176. The first-order chi connectivity index (χ1) is 11.5. The van der Waals surface area contributed by atoms with Crippen molar-refractivity contribution in [3.63, 3.8) is 0 Å². The topological polar surface area (TPSA) is 115 Å². The average Bonchev–Trinajstić information content (AvgIpc) is 2.59. The van der Waals surface area contributed by atoms with E-state index in [0.29, 0.717) is 12.8 Å². The van der Waals surface area contributed by atoms with E-state index in [1.165, 1.54) is 18.2 Å². The maximum atomic E-state index is 12.2. The molecule has 7 nitrogen and oxygen atoms in total. The van der Waals surface area contributed by atoms with Crippen LogP contribution < -0.4 is 11.1 Å². The molecule has 3 N–H and O–H groups in total. The number of benzene rings is 2. The molecule has 0 aliphatic heterocycles. The van der Waals surface area contributed by atoms with Crippen molar-refractivity contribution >= 4 is 17.5 Å². The standard InChI is InChI=1S/C17H17N3O4/c18-16(21)15(10-9-12-5-2-1-3-6-12)19-17(22)13-7-4-8-14(11-13)20(23)24/h1-8,11,15H,9-10H2,(H2,18,21)(H,19,22)/t15-/m1/s1. The van der Waals surface area contributed by atoms with Crippen LogP contribution in [0.4, 0.5) is 5.69 Å². The number of nitro groups is 1. The highest BCUT2D eigenvalue weighted by molar-refractivity contribution is 5.97. The smallest absolute Gasteiger partial charge is 0.270 e. The SMILES string of the molecule is NC(=O)[C@@H](CCc1ccccc1)NC(=O)c1cccc([N+](=O)[O-])c1. The van der Waals surface area contributed by atoms with Gasteiger partial charge in [0.1, 0.15) is 6.04 Å². The van der Waals surface area contributed by atoms with E-state index in [9.17, 15) is 19.7 Å². The first kappa shape index (κ1) is 17.1. The zero-order valence-corrected chi connectivity index (χ0v) is 12.8. The highest BCUT2D eigenvalue weighted by atomic mass is 16.6.